The Hall–Kier alpha value is -2.89. The summed E-state index contributed by atoms with van der Waals surface area (Å²) in [7, 11) is 1.31. The molecule has 6 heteroatoms. The van der Waals surface area contributed by atoms with Crippen LogP contribution < -0.4 is 5.32 Å². The van der Waals surface area contributed by atoms with E-state index in [4.69, 9.17) is 4.74 Å². The Labute approximate surface area is 121 Å². The van der Waals surface area contributed by atoms with Crippen LogP contribution in [0.3, 0.4) is 0 Å². The molecule has 0 radical (unpaired) electrons. The second-order valence-electron chi connectivity index (χ2n) is 4.30. The Morgan fingerprint density at radius 1 is 1.29 bits per heavy atom. The van der Waals surface area contributed by atoms with E-state index in [-0.39, 0.29) is 18.0 Å². The van der Waals surface area contributed by atoms with Crippen molar-refractivity contribution < 1.29 is 14.6 Å². The standard InChI is InChI=1S/C15H14N2O4/c1-21-15(19)12-4-2-3-5-13(12)16-9-10-8-11(17-20)6-7-14(10)18/h2-8,16,18H,9H2,1H3. The van der Waals surface area contributed by atoms with Crippen LogP contribution in [0.1, 0.15) is 15.9 Å². The third kappa shape index (κ3) is 3.36. The van der Waals surface area contributed by atoms with Crippen LogP contribution in [0.5, 0.6) is 5.75 Å². The molecule has 0 aromatic heterocycles. The van der Waals surface area contributed by atoms with E-state index >= 15 is 0 Å². The Bertz CT molecular complexity index is 670. The van der Waals surface area contributed by atoms with E-state index in [9.17, 15) is 14.8 Å². The van der Waals surface area contributed by atoms with Crippen molar-refractivity contribution in [2.75, 3.05) is 12.4 Å². The molecule has 0 aliphatic carbocycles. The fourth-order valence-corrected chi connectivity index (χ4v) is 1.89. The number of hydrogen-bond acceptors (Lipinski definition) is 6. The zero-order valence-electron chi connectivity index (χ0n) is 11.4. The van der Waals surface area contributed by atoms with Crippen molar-refractivity contribution in [3.63, 3.8) is 0 Å². The summed E-state index contributed by atoms with van der Waals surface area (Å²) < 4.78 is 4.70. The van der Waals surface area contributed by atoms with E-state index in [1.165, 1.54) is 25.3 Å². The van der Waals surface area contributed by atoms with Crippen LogP contribution in [0.15, 0.2) is 47.6 Å². The van der Waals surface area contributed by atoms with Crippen LogP contribution in [-0.4, -0.2) is 18.2 Å². The average molecular weight is 286 g/mol. The molecular weight excluding hydrogens is 272 g/mol. The van der Waals surface area contributed by atoms with Crippen molar-refractivity contribution in [3.8, 4) is 5.75 Å². The fourth-order valence-electron chi connectivity index (χ4n) is 1.89. The molecule has 2 rings (SSSR count). The number of phenols is 1. The van der Waals surface area contributed by atoms with Crippen molar-refractivity contribution in [2.24, 2.45) is 5.18 Å². The molecule has 0 aliphatic heterocycles. The maximum Gasteiger partial charge on any atom is 0.339 e. The number of para-hydroxylation sites is 1. The zero-order valence-corrected chi connectivity index (χ0v) is 11.4. The third-order valence-electron chi connectivity index (χ3n) is 2.97. The minimum atomic E-state index is -0.453. The minimum Gasteiger partial charge on any atom is -0.508 e. The first-order valence-corrected chi connectivity index (χ1v) is 6.22. The van der Waals surface area contributed by atoms with Crippen molar-refractivity contribution in [1.82, 2.24) is 0 Å². The predicted molar refractivity (Wildman–Crippen MR) is 78.7 cm³/mol. The van der Waals surface area contributed by atoms with Gasteiger partial charge in [-0.15, -0.1) is 4.91 Å². The molecule has 2 N–H and O–H groups in total. The maximum atomic E-state index is 11.6. The van der Waals surface area contributed by atoms with Gasteiger partial charge in [0.25, 0.3) is 0 Å². The SMILES string of the molecule is COC(=O)c1ccccc1NCc1cc(N=O)ccc1O. The minimum absolute atomic E-state index is 0.0467. The number of carbonyl (C=O) groups is 1. The van der Waals surface area contributed by atoms with Crippen LogP contribution in [0.4, 0.5) is 11.4 Å². The number of phenolic OH excluding ortho intramolecular Hbond substituents is 1. The van der Waals surface area contributed by atoms with E-state index < -0.39 is 5.97 Å². The van der Waals surface area contributed by atoms with Gasteiger partial charge >= 0.3 is 5.97 Å². The molecule has 0 saturated heterocycles. The molecule has 0 saturated carbocycles. The Balaban J connectivity index is 2.21. The van der Waals surface area contributed by atoms with Crippen LogP contribution >= 0.6 is 0 Å². The number of carbonyl (C=O) groups excluding carboxylic acids is 1. The largest absolute Gasteiger partial charge is 0.508 e. The van der Waals surface area contributed by atoms with Crippen molar-refractivity contribution in [2.45, 2.75) is 6.54 Å². The van der Waals surface area contributed by atoms with Gasteiger partial charge in [0.2, 0.25) is 0 Å². The van der Waals surface area contributed by atoms with Gasteiger partial charge in [0.05, 0.1) is 12.7 Å². The van der Waals surface area contributed by atoms with Gasteiger partial charge in [-0.3, -0.25) is 0 Å². The third-order valence-corrected chi connectivity index (χ3v) is 2.97. The van der Waals surface area contributed by atoms with Crippen LogP contribution in [0, 0.1) is 4.91 Å². The molecule has 0 fully saturated rings. The van der Waals surface area contributed by atoms with Gasteiger partial charge in [-0.05, 0) is 35.5 Å². The molecule has 0 amide bonds. The van der Waals surface area contributed by atoms with Gasteiger partial charge in [0, 0.05) is 17.8 Å². The first-order chi connectivity index (χ1) is 10.2. The van der Waals surface area contributed by atoms with Gasteiger partial charge in [0.15, 0.2) is 0 Å². The van der Waals surface area contributed by atoms with Crippen LogP contribution in [0.2, 0.25) is 0 Å². The molecule has 2 aromatic rings. The highest BCUT2D eigenvalue weighted by molar-refractivity contribution is 5.95. The Morgan fingerprint density at radius 3 is 2.76 bits per heavy atom. The lowest BCUT2D eigenvalue weighted by Crippen LogP contribution is -2.08. The molecule has 0 atom stereocenters. The van der Waals surface area contributed by atoms with Crippen molar-refractivity contribution in [3.05, 3.63) is 58.5 Å². The van der Waals surface area contributed by atoms with Crippen LogP contribution in [0.25, 0.3) is 0 Å². The Kier molecular flexibility index (Phi) is 4.50. The number of nitrogens with zero attached hydrogens (tertiary/aromatic N) is 1. The molecule has 21 heavy (non-hydrogen) atoms. The number of esters is 1. The lowest BCUT2D eigenvalue weighted by Gasteiger charge is -2.11. The lowest BCUT2D eigenvalue weighted by atomic mass is 10.1. The zero-order chi connectivity index (χ0) is 15.2. The average Bonchev–Trinajstić information content (AvgIpc) is 2.53. The second kappa shape index (κ2) is 6.51. The quantitative estimate of drug-likeness (QED) is 0.651. The highest BCUT2D eigenvalue weighted by Crippen LogP contribution is 2.25. The summed E-state index contributed by atoms with van der Waals surface area (Å²) in [5.74, 6) is -0.406. The number of benzene rings is 2. The summed E-state index contributed by atoms with van der Waals surface area (Å²) in [6.07, 6.45) is 0. The smallest absolute Gasteiger partial charge is 0.339 e. The molecular formula is C15H14N2O4. The molecule has 0 heterocycles. The summed E-state index contributed by atoms with van der Waals surface area (Å²) in [5, 5.41) is 15.6. The highest BCUT2D eigenvalue weighted by atomic mass is 16.5. The lowest BCUT2D eigenvalue weighted by molar-refractivity contribution is 0.0602. The van der Waals surface area contributed by atoms with Gasteiger partial charge in [0.1, 0.15) is 11.4 Å². The molecule has 6 nitrogen and oxygen atoms in total. The van der Waals surface area contributed by atoms with Gasteiger partial charge in [-0.2, -0.15) is 0 Å². The number of nitrogens with one attached hydrogen (secondary N) is 1. The normalized spacial score (nSPS) is 9.95. The van der Waals surface area contributed by atoms with Crippen LogP contribution in [-0.2, 0) is 11.3 Å². The first-order valence-electron chi connectivity index (χ1n) is 6.22. The summed E-state index contributed by atoms with van der Waals surface area (Å²) in [5.41, 5.74) is 1.70. The molecule has 2 aromatic carbocycles. The van der Waals surface area contributed by atoms with E-state index in [2.05, 4.69) is 10.5 Å². The predicted octanol–water partition coefficient (Wildman–Crippen LogP) is 3.19. The topological polar surface area (TPSA) is 88.0 Å². The summed E-state index contributed by atoms with van der Waals surface area (Å²) in [4.78, 5) is 22.2. The van der Waals surface area contributed by atoms with Gasteiger partial charge in [-0.1, -0.05) is 12.1 Å². The fraction of sp³-hybridized carbons (Fsp3) is 0.133. The van der Waals surface area contributed by atoms with E-state index in [0.717, 1.165) is 0 Å². The van der Waals surface area contributed by atoms with E-state index in [1.54, 1.807) is 24.3 Å². The number of anilines is 1. The molecule has 0 spiro atoms. The molecule has 108 valence electrons. The number of hydrogen-bond donors (Lipinski definition) is 2. The Morgan fingerprint density at radius 2 is 2.05 bits per heavy atom. The van der Waals surface area contributed by atoms with Gasteiger partial charge < -0.3 is 15.2 Å². The van der Waals surface area contributed by atoms with Crippen molar-refractivity contribution >= 4 is 17.3 Å². The number of rotatable bonds is 5. The number of nitroso groups, excluding NO2 is 1. The second-order valence-corrected chi connectivity index (χ2v) is 4.30. The number of ether oxygens (including phenoxy) is 1. The monoisotopic (exact) mass is 286 g/mol. The number of methoxy groups -OCH3 is 1. The van der Waals surface area contributed by atoms with Crippen molar-refractivity contribution in [1.29, 1.82) is 0 Å². The highest BCUT2D eigenvalue weighted by Gasteiger charge is 2.11. The summed E-state index contributed by atoms with van der Waals surface area (Å²) in [6, 6.07) is 11.2. The van der Waals surface area contributed by atoms with Gasteiger partial charge in [-0.25, -0.2) is 4.79 Å². The van der Waals surface area contributed by atoms with E-state index in [0.29, 0.717) is 16.8 Å². The molecule has 0 unspecified atom stereocenters. The first kappa shape index (κ1) is 14.5. The molecule has 0 aliphatic rings. The summed E-state index contributed by atoms with van der Waals surface area (Å²) >= 11 is 0. The van der Waals surface area contributed by atoms with E-state index in [1.807, 2.05) is 0 Å². The molecule has 0 bridgehead atoms. The maximum absolute atomic E-state index is 11.6. The number of aromatic hydroxyl groups is 1. The summed E-state index contributed by atoms with van der Waals surface area (Å²) in [6.45, 7) is 0.239.